The Hall–Kier alpha value is -2.82. The lowest BCUT2D eigenvalue weighted by Gasteiger charge is -2.25. The maximum atomic E-state index is 13.0. The standard InChI is InChI=1S/C23H26N2O3/c1-28-20-12-8-18(9-13-20)21-4-2-15-25(21)23(27)16-17-6-10-19(11-7-17)24-14-3-5-22(24)26/h6-13,21H,2-5,14-16H2,1H3/t21-/m0/s1. The number of amides is 2. The quantitative estimate of drug-likeness (QED) is 0.797. The minimum Gasteiger partial charge on any atom is -0.497 e. The zero-order valence-electron chi connectivity index (χ0n) is 16.3. The van der Waals surface area contributed by atoms with E-state index in [1.54, 1.807) is 7.11 Å². The summed E-state index contributed by atoms with van der Waals surface area (Å²) >= 11 is 0. The third-order valence-electron chi connectivity index (χ3n) is 5.75. The molecule has 0 saturated carbocycles. The molecule has 146 valence electrons. The Morgan fingerprint density at radius 2 is 1.79 bits per heavy atom. The first-order valence-corrected chi connectivity index (χ1v) is 9.98. The molecule has 1 atom stereocenters. The normalized spacial score (nSPS) is 19.3. The summed E-state index contributed by atoms with van der Waals surface area (Å²) in [6, 6.07) is 16.0. The molecule has 2 aliphatic rings. The molecule has 0 aliphatic carbocycles. The van der Waals surface area contributed by atoms with Gasteiger partial charge in [0.2, 0.25) is 11.8 Å². The van der Waals surface area contributed by atoms with Crippen LogP contribution >= 0.6 is 0 Å². The van der Waals surface area contributed by atoms with Crippen LogP contribution in [-0.4, -0.2) is 36.9 Å². The number of likely N-dealkylation sites (tertiary alicyclic amines) is 1. The van der Waals surface area contributed by atoms with Crippen molar-refractivity contribution in [1.29, 1.82) is 0 Å². The number of methoxy groups -OCH3 is 1. The number of carbonyl (C=O) groups is 2. The van der Waals surface area contributed by atoms with Gasteiger partial charge in [-0.2, -0.15) is 0 Å². The molecule has 2 saturated heterocycles. The molecular formula is C23H26N2O3. The third kappa shape index (κ3) is 3.75. The summed E-state index contributed by atoms with van der Waals surface area (Å²) in [5, 5.41) is 0. The minimum atomic E-state index is 0.139. The SMILES string of the molecule is COc1ccc([C@@H]2CCCN2C(=O)Cc2ccc(N3CCCC3=O)cc2)cc1. The second-order valence-corrected chi connectivity index (χ2v) is 7.51. The van der Waals surface area contributed by atoms with Crippen LogP contribution in [0, 0.1) is 0 Å². The molecule has 0 bridgehead atoms. The summed E-state index contributed by atoms with van der Waals surface area (Å²) in [5.41, 5.74) is 3.08. The van der Waals surface area contributed by atoms with Crippen LogP contribution in [0.3, 0.4) is 0 Å². The second kappa shape index (κ2) is 8.05. The minimum absolute atomic E-state index is 0.139. The van der Waals surface area contributed by atoms with E-state index < -0.39 is 0 Å². The fraction of sp³-hybridized carbons (Fsp3) is 0.391. The van der Waals surface area contributed by atoms with Crippen molar-refractivity contribution in [3.05, 3.63) is 59.7 Å². The van der Waals surface area contributed by atoms with Crippen LogP contribution in [-0.2, 0) is 16.0 Å². The largest absolute Gasteiger partial charge is 0.497 e. The van der Waals surface area contributed by atoms with E-state index in [0.29, 0.717) is 12.8 Å². The fourth-order valence-electron chi connectivity index (χ4n) is 4.23. The van der Waals surface area contributed by atoms with Crippen LogP contribution in [0.4, 0.5) is 5.69 Å². The number of benzene rings is 2. The number of ether oxygens (including phenoxy) is 1. The van der Waals surface area contributed by atoms with Gasteiger partial charge in [0.05, 0.1) is 19.6 Å². The third-order valence-corrected chi connectivity index (χ3v) is 5.75. The van der Waals surface area contributed by atoms with Gasteiger partial charge in [0.1, 0.15) is 5.75 Å². The molecule has 2 heterocycles. The van der Waals surface area contributed by atoms with Crippen molar-refractivity contribution < 1.29 is 14.3 Å². The highest BCUT2D eigenvalue weighted by atomic mass is 16.5. The van der Waals surface area contributed by atoms with Crippen molar-refractivity contribution in [1.82, 2.24) is 4.90 Å². The van der Waals surface area contributed by atoms with Gasteiger partial charge in [-0.3, -0.25) is 9.59 Å². The number of rotatable bonds is 5. The Balaban J connectivity index is 1.42. The summed E-state index contributed by atoms with van der Waals surface area (Å²) in [5.74, 6) is 1.17. The molecule has 0 unspecified atom stereocenters. The number of hydrogen-bond donors (Lipinski definition) is 0. The van der Waals surface area contributed by atoms with Crippen molar-refractivity contribution in [2.75, 3.05) is 25.1 Å². The second-order valence-electron chi connectivity index (χ2n) is 7.51. The van der Waals surface area contributed by atoms with E-state index in [2.05, 4.69) is 12.1 Å². The molecule has 0 aromatic heterocycles. The average molecular weight is 378 g/mol. The monoisotopic (exact) mass is 378 g/mol. The van der Waals surface area contributed by atoms with Gasteiger partial charge >= 0.3 is 0 Å². The van der Waals surface area contributed by atoms with Crippen LogP contribution in [0.25, 0.3) is 0 Å². The molecule has 2 fully saturated rings. The molecule has 2 aromatic rings. The van der Waals surface area contributed by atoms with Crippen molar-refractivity contribution in [2.24, 2.45) is 0 Å². The highest BCUT2D eigenvalue weighted by Crippen LogP contribution is 2.33. The molecule has 2 aromatic carbocycles. The van der Waals surface area contributed by atoms with Crippen LogP contribution in [0.15, 0.2) is 48.5 Å². The summed E-state index contributed by atoms with van der Waals surface area (Å²) in [6.07, 6.45) is 3.95. The zero-order chi connectivity index (χ0) is 19.5. The molecule has 4 rings (SSSR count). The van der Waals surface area contributed by atoms with Crippen molar-refractivity contribution in [3.8, 4) is 5.75 Å². The van der Waals surface area contributed by atoms with Crippen LogP contribution < -0.4 is 9.64 Å². The van der Waals surface area contributed by atoms with Gasteiger partial charge < -0.3 is 14.5 Å². The van der Waals surface area contributed by atoms with Gasteiger partial charge in [-0.1, -0.05) is 24.3 Å². The number of hydrogen-bond acceptors (Lipinski definition) is 3. The highest BCUT2D eigenvalue weighted by Gasteiger charge is 2.30. The molecular weight excluding hydrogens is 352 g/mol. The topological polar surface area (TPSA) is 49.9 Å². The predicted octanol–water partition coefficient (Wildman–Crippen LogP) is 3.73. The molecule has 2 amide bonds. The Labute approximate surface area is 165 Å². The van der Waals surface area contributed by atoms with Crippen LogP contribution in [0.2, 0.25) is 0 Å². The molecule has 2 aliphatic heterocycles. The van der Waals surface area contributed by atoms with E-state index in [4.69, 9.17) is 4.74 Å². The van der Waals surface area contributed by atoms with E-state index in [-0.39, 0.29) is 17.9 Å². The van der Waals surface area contributed by atoms with Crippen molar-refractivity contribution in [2.45, 2.75) is 38.1 Å². The van der Waals surface area contributed by atoms with Crippen LogP contribution in [0.1, 0.15) is 42.9 Å². The van der Waals surface area contributed by atoms with Gasteiger partial charge in [0.15, 0.2) is 0 Å². The summed E-state index contributed by atoms with van der Waals surface area (Å²) in [4.78, 5) is 28.7. The fourth-order valence-corrected chi connectivity index (χ4v) is 4.23. The number of nitrogens with zero attached hydrogens (tertiary/aromatic N) is 2. The zero-order valence-corrected chi connectivity index (χ0v) is 16.3. The highest BCUT2D eigenvalue weighted by molar-refractivity contribution is 5.95. The van der Waals surface area contributed by atoms with Crippen molar-refractivity contribution in [3.63, 3.8) is 0 Å². The average Bonchev–Trinajstić information content (AvgIpc) is 3.38. The van der Waals surface area contributed by atoms with E-state index >= 15 is 0 Å². The predicted molar refractivity (Wildman–Crippen MR) is 108 cm³/mol. The molecule has 0 N–H and O–H groups in total. The Kier molecular flexibility index (Phi) is 5.33. The summed E-state index contributed by atoms with van der Waals surface area (Å²) in [6.45, 7) is 1.59. The first kappa shape index (κ1) is 18.5. The van der Waals surface area contributed by atoms with Gasteiger partial charge in [0, 0.05) is 25.2 Å². The van der Waals surface area contributed by atoms with E-state index in [9.17, 15) is 9.59 Å². The maximum Gasteiger partial charge on any atom is 0.227 e. The smallest absolute Gasteiger partial charge is 0.227 e. The maximum absolute atomic E-state index is 13.0. The van der Waals surface area contributed by atoms with Crippen LogP contribution in [0.5, 0.6) is 5.75 Å². The lowest BCUT2D eigenvalue weighted by molar-refractivity contribution is -0.131. The van der Waals surface area contributed by atoms with Crippen molar-refractivity contribution >= 4 is 17.5 Å². The van der Waals surface area contributed by atoms with E-state index in [1.807, 2.05) is 46.2 Å². The van der Waals surface area contributed by atoms with Gasteiger partial charge in [-0.05, 0) is 54.7 Å². The number of anilines is 1. The Bertz CT molecular complexity index is 845. The molecule has 5 nitrogen and oxygen atoms in total. The van der Waals surface area contributed by atoms with Gasteiger partial charge in [-0.25, -0.2) is 0 Å². The van der Waals surface area contributed by atoms with E-state index in [0.717, 1.165) is 54.9 Å². The Morgan fingerprint density at radius 1 is 1.04 bits per heavy atom. The summed E-state index contributed by atoms with van der Waals surface area (Å²) in [7, 11) is 1.66. The Morgan fingerprint density at radius 3 is 2.43 bits per heavy atom. The molecule has 0 radical (unpaired) electrons. The molecule has 0 spiro atoms. The van der Waals surface area contributed by atoms with Gasteiger partial charge in [-0.15, -0.1) is 0 Å². The molecule has 28 heavy (non-hydrogen) atoms. The first-order chi connectivity index (χ1) is 13.7. The number of carbonyl (C=O) groups excluding carboxylic acids is 2. The van der Waals surface area contributed by atoms with E-state index in [1.165, 1.54) is 0 Å². The summed E-state index contributed by atoms with van der Waals surface area (Å²) < 4.78 is 5.23. The van der Waals surface area contributed by atoms with Gasteiger partial charge in [0.25, 0.3) is 0 Å². The first-order valence-electron chi connectivity index (χ1n) is 9.98. The molecule has 5 heteroatoms. The lowest BCUT2D eigenvalue weighted by Crippen LogP contribution is -2.31. The lowest BCUT2D eigenvalue weighted by atomic mass is 10.0.